The van der Waals surface area contributed by atoms with E-state index in [2.05, 4.69) is 33.2 Å². The predicted octanol–water partition coefficient (Wildman–Crippen LogP) is 4.85. The van der Waals surface area contributed by atoms with E-state index in [1.807, 2.05) is 24.3 Å². The van der Waals surface area contributed by atoms with Crippen molar-refractivity contribution >= 4 is 28.9 Å². The molecule has 0 radical (unpaired) electrons. The van der Waals surface area contributed by atoms with Crippen molar-refractivity contribution in [1.82, 2.24) is 9.88 Å². The summed E-state index contributed by atoms with van der Waals surface area (Å²) < 4.78 is 13.8. The molecule has 0 unspecified atom stereocenters. The topological polar surface area (TPSA) is 48.5 Å². The van der Waals surface area contributed by atoms with Crippen LogP contribution in [0.4, 0.5) is 15.8 Å². The minimum Gasteiger partial charge on any atom is -0.367 e. The molecule has 0 spiro atoms. The molecule has 1 saturated heterocycles. The van der Waals surface area contributed by atoms with E-state index in [-0.39, 0.29) is 22.1 Å². The summed E-state index contributed by atoms with van der Waals surface area (Å²) >= 11 is 6.25. The maximum atomic E-state index is 13.8. The quantitative estimate of drug-likeness (QED) is 0.632. The van der Waals surface area contributed by atoms with Gasteiger partial charge < -0.3 is 15.1 Å². The fourth-order valence-corrected chi connectivity index (χ4v) is 3.94. The maximum absolute atomic E-state index is 13.8. The van der Waals surface area contributed by atoms with Gasteiger partial charge in [-0.25, -0.2) is 4.39 Å². The second-order valence-corrected chi connectivity index (χ2v) is 8.12. The summed E-state index contributed by atoms with van der Waals surface area (Å²) in [4.78, 5) is 21.6. The molecule has 3 aromatic rings. The van der Waals surface area contributed by atoms with Gasteiger partial charge in [0.15, 0.2) is 0 Å². The summed E-state index contributed by atoms with van der Waals surface area (Å²) in [5.41, 5.74) is 4.27. The minimum atomic E-state index is -0.429. The van der Waals surface area contributed by atoms with E-state index >= 15 is 0 Å². The van der Waals surface area contributed by atoms with Crippen LogP contribution >= 0.6 is 11.6 Å². The van der Waals surface area contributed by atoms with Crippen LogP contribution in [0.3, 0.4) is 0 Å². The Morgan fingerprint density at radius 3 is 2.45 bits per heavy atom. The molecule has 31 heavy (non-hydrogen) atoms. The zero-order valence-electron chi connectivity index (χ0n) is 17.5. The van der Waals surface area contributed by atoms with Crippen molar-refractivity contribution in [3.63, 3.8) is 0 Å². The third-order valence-corrected chi connectivity index (χ3v) is 6.16. The van der Waals surface area contributed by atoms with E-state index in [1.165, 1.54) is 12.1 Å². The van der Waals surface area contributed by atoms with Gasteiger partial charge in [0.1, 0.15) is 5.82 Å². The lowest BCUT2D eigenvalue weighted by Crippen LogP contribution is -2.44. The molecule has 160 valence electrons. The van der Waals surface area contributed by atoms with Crippen LogP contribution in [-0.4, -0.2) is 49.0 Å². The number of nitrogens with one attached hydrogen (secondary N) is 1. The first-order valence-corrected chi connectivity index (χ1v) is 10.6. The van der Waals surface area contributed by atoms with Crippen molar-refractivity contribution in [3.8, 4) is 11.1 Å². The molecule has 0 saturated carbocycles. The lowest BCUT2D eigenvalue weighted by atomic mass is 10.0. The Morgan fingerprint density at radius 1 is 1.03 bits per heavy atom. The molecule has 1 amide bonds. The molecule has 0 aliphatic carbocycles. The molecule has 4 rings (SSSR count). The lowest BCUT2D eigenvalue weighted by Gasteiger charge is -2.35. The summed E-state index contributed by atoms with van der Waals surface area (Å²) in [6.07, 6.45) is 3.53. The van der Waals surface area contributed by atoms with Crippen LogP contribution in [0.25, 0.3) is 11.1 Å². The summed E-state index contributed by atoms with van der Waals surface area (Å²) in [5.74, 6) is -0.790. The van der Waals surface area contributed by atoms with Gasteiger partial charge in [-0.1, -0.05) is 17.7 Å². The Labute approximate surface area is 186 Å². The fourth-order valence-electron chi connectivity index (χ4n) is 3.70. The number of hydrogen-bond donors (Lipinski definition) is 1. The molecular weight excluding hydrogens is 415 g/mol. The second kappa shape index (κ2) is 9.04. The molecule has 1 fully saturated rings. The number of piperazine rings is 1. The summed E-state index contributed by atoms with van der Waals surface area (Å²) in [6, 6.07) is 12.6. The molecule has 1 aliphatic heterocycles. The van der Waals surface area contributed by atoms with Gasteiger partial charge in [-0.2, -0.15) is 0 Å². The number of amides is 1. The summed E-state index contributed by atoms with van der Waals surface area (Å²) in [7, 11) is 2.10. The highest BCUT2D eigenvalue weighted by molar-refractivity contribution is 6.35. The number of carbonyl (C=O) groups is 1. The van der Waals surface area contributed by atoms with Gasteiger partial charge in [0.25, 0.3) is 5.91 Å². The minimum absolute atomic E-state index is 0.132. The van der Waals surface area contributed by atoms with Crippen LogP contribution in [-0.2, 0) is 0 Å². The molecule has 1 N–H and O–H groups in total. The Balaban J connectivity index is 1.69. The van der Waals surface area contributed by atoms with Crippen molar-refractivity contribution in [2.75, 3.05) is 43.4 Å². The first kappa shape index (κ1) is 21.3. The monoisotopic (exact) mass is 438 g/mol. The number of hydrogen-bond acceptors (Lipinski definition) is 4. The molecule has 2 aromatic carbocycles. The maximum Gasteiger partial charge on any atom is 0.257 e. The van der Waals surface area contributed by atoms with Gasteiger partial charge in [0.05, 0.1) is 22.0 Å². The number of rotatable bonds is 4. The largest absolute Gasteiger partial charge is 0.367 e. The van der Waals surface area contributed by atoms with E-state index in [0.29, 0.717) is 5.69 Å². The van der Waals surface area contributed by atoms with Crippen LogP contribution in [0, 0.1) is 12.7 Å². The van der Waals surface area contributed by atoms with Gasteiger partial charge in [-0.05, 0) is 61.5 Å². The molecule has 5 nitrogen and oxygen atoms in total. The average Bonchev–Trinajstić information content (AvgIpc) is 2.79. The number of halogens is 2. The Hall–Kier alpha value is -2.96. The van der Waals surface area contributed by atoms with Crippen LogP contribution in [0.2, 0.25) is 5.02 Å². The van der Waals surface area contributed by atoms with Crippen LogP contribution in [0.5, 0.6) is 0 Å². The highest BCUT2D eigenvalue weighted by Gasteiger charge is 2.21. The zero-order valence-corrected chi connectivity index (χ0v) is 18.3. The molecule has 2 heterocycles. The Kier molecular flexibility index (Phi) is 6.20. The summed E-state index contributed by atoms with van der Waals surface area (Å²) in [6.45, 7) is 5.16. The Morgan fingerprint density at radius 2 is 1.74 bits per heavy atom. The summed E-state index contributed by atoms with van der Waals surface area (Å²) in [5, 5.41) is 3.12. The van der Waals surface area contributed by atoms with Crippen molar-refractivity contribution in [2.24, 2.45) is 0 Å². The third-order valence-electron chi connectivity index (χ3n) is 5.67. The SMILES string of the molecule is Cc1c(F)ccc(C(=O)Nc2ccc(-c3ccncc3)cc2N2CCN(C)CC2)c1Cl. The number of aromatic nitrogens is 1. The normalized spacial score (nSPS) is 14.5. The highest BCUT2D eigenvalue weighted by atomic mass is 35.5. The molecule has 0 atom stereocenters. The molecular formula is C24H24ClFN4O. The van der Waals surface area contributed by atoms with Gasteiger partial charge in [0.2, 0.25) is 0 Å². The molecule has 0 bridgehead atoms. The van der Waals surface area contributed by atoms with E-state index in [0.717, 1.165) is 43.0 Å². The second-order valence-electron chi connectivity index (χ2n) is 7.75. The number of anilines is 2. The van der Waals surface area contributed by atoms with Gasteiger partial charge in [-0.15, -0.1) is 0 Å². The van der Waals surface area contributed by atoms with Crippen molar-refractivity contribution in [1.29, 1.82) is 0 Å². The molecule has 7 heteroatoms. The van der Waals surface area contributed by atoms with Crippen molar-refractivity contribution in [3.05, 3.63) is 76.8 Å². The highest BCUT2D eigenvalue weighted by Crippen LogP contribution is 2.33. The Bertz CT molecular complexity index is 1100. The van der Waals surface area contributed by atoms with Gasteiger partial charge in [-0.3, -0.25) is 9.78 Å². The van der Waals surface area contributed by atoms with Crippen molar-refractivity contribution in [2.45, 2.75) is 6.92 Å². The smallest absolute Gasteiger partial charge is 0.257 e. The first-order valence-electron chi connectivity index (χ1n) is 10.2. The first-order chi connectivity index (χ1) is 14.9. The predicted molar refractivity (Wildman–Crippen MR) is 123 cm³/mol. The number of nitrogens with zero attached hydrogens (tertiary/aromatic N) is 3. The fraction of sp³-hybridized carbons (Fsp3) is 0.250. The van der Waals surface area contributed by atoms with Gasteiger partial charge >= 0.3 is 0 Å². The van der Waals surface area contributed by atoms with Crippen LogP contribution in [0.1, 0.15) is 15.9 Å². The third kappa shape index (κ3) is 4.55. The standard InChI is InChI=1S/C24H24ClFN4O/c1-16-20(26)5-4-19(23(16)25)24(31)28-21-6-3-18(17-7-9-27-10-8-17)15-22(21)30-13-11-29(2)12-14-30/h3-10,15H,11-14H2,1-2H3,(H,28,31). The molecule has 1 aromatic heterocycles. The number of carbonyl (C=O) groups excluding carboxylic acids is 1. The van der Waals surface area contributed by atoms with E-state index in [1.54, 1.807) is 19.3 Å². The number of benzene rings is 2. The van der Waals surface area contributed by atoms with E-state index < -0.39 is 5.82 Å². The van der Waals surface area contributed by atoms with E-state index in [9.17, 15) is 9.18 Å². The van der Waals surface area contributed by atoms with Gasteiger partial charge in [0, 0.05) is 44.1 Å². The molecule has 1 aliphatic rings. The zero-order chi connectivity index (χ0) is 22.0. The number of pyridine rings is 1. The number of likely N-dealkylation sites (N-methyl/N-ethyl adjacent to an activating group) is 1. The van der Waals surface area contributed by atoms with E-state index in [4.69, 9.17) is 11.6 Å². The average molecular weight is 439 g/mol. The lowest BCUT2D eigenvalue weighted by molar-refractivity contribution is 0.102. The van der Waals surface area contributed by atoms with Crippen LogP contribution in [0.15, 0.2) is 54.9 Å². The van der Waals surface area contributed by atoms with Crippen LogP contribution < -0.4 is 10.2 Å². The van der Waals surface area contributed by atoms with Crippen molar-refractivity contribution < 1.29 is 9.18 Å².